The number of carbonyl (C=O) groups is 3. The predicted octanol–water partition coefficient (Wildman–Crippen LogP) is 3.25. The molecule has 0 spiro atoms. The van der Waals surface area contributed by atoms with Crippen LogP contribution in [0.15, 0.2) is 42.6 Å². The normalized spacial score (nSPS) is 13.8. The first-order valence-electron chi connectivity index (χ1n) is 11.1. The molecule has 0 saturated carbocycles. The molecule has 2 aromatic carbocycles. The van der Waals surface area contributed by atoms with E-state index in [-0.39, 0.29) is 17.7 Å². The number of hydrogen-bond acceptors (Lipinski definition) is 8. The summed E-state index contributed by atoms with van der Waals surface area (Å²) in [4.78, 5) is 53.2. The maximum absolute atomic E-state index is 13.1. The summed E-state index contributed by atoms with van der Waals surface area (Å²) >= 11 is 1.33. The van der Waals surface area contributed by atoms with Crippen LogP contribution in [0.3, 0.4) is 0 Å². The number of piperazine rings is 1. The predicted molar refractivity (Wildman–Crippen MR) is 135 cm³/mol. The van der Waals surface area contributed by atoms with Gasteiger partial charge in [-0.1, -0.05) is 6.07 Å². The molecule has 0 aliphatic carbocycles. The highest BCUT2D eigenvalue weighted by atomic mass is 32.1. The molecule has 0 atom stereocenters. The molecule has 10 nitrogen and oxygen atoms in total. The van der Waals surface area contributed by atoms with Gasteiger partial charge in [0, 0.05) is 63.0 Å². The summed E-state index contributed by atoms with van der Waals surface area (Å²) < 4.78 is 0.862. The van der Waals surface area contributed by atoms with Gasteiger partial charge in [-0.15, -0.1) is 11.3 Å². The van der Waals surface area contributed by atoms with Crippen LogP contribution in [0.4, 0.5) is 17.3 Å². The fourth-order valence-corrected chi connectivity index (χ4v) is 4.94. The van der Waals surface area contributed by atoms with Crippen molar-refractivity contribution in [3.8, 4) is 0 Å². The van der Waals surface area contributed by atoms with Gasteiger partial charge in [0.05, 0.1) is 4.70 Å². The third kappa shape index (κ3) is 4.76. The van der Waals surface area contributed by atoms with Crippen LogP contribution in [-0.4, -0.2) is 68.7 Å². The van der Waals surface area contributed by atoms with Crippen molar-refractivity contribution in [2.75, 3.05) is 36.8 Å². The van der Waals surface area contributed by atoms with Crippen LogP contribution >= 0.6 is 11.3 Å². The van der Waals surface area contributed by atoms with Crippen LogP contribution in [-0.2, 0) is 9.59 Å². The van der Waals surface area contributed by atoms with Gasteiger partial charge in [-0.05, 0) is 30.3 Å². The van der Waals surface area contributed by atoms with Gasteiger partial charge in [-0.25, -0.2) is 15.0 Å². The van der Waals surface area contributed by atoms with Crippen molar-refractivity contribution in [1.29, 1.82) is 0 Å². The van der Waals surface area contributed by atoms with E-state index in [2.05, 4.69) is 25.6 Å². The van der Waals surface area contributed by atoms with Gasteiger partial charge in [-0.2, -0.15) is 0 Å². The number of benzene rings is 2. The quantitative estimate of drug-likeness (QED) is 0.451. The fraction of sp³-hybridized carbons (Fsp3) is 0.250. The minimum absolute atomic E-state index is 0.0227. The van der Waals surface area contributed by atoms with Crippen molar-refractivity contribution in [3.05, 3.63) is 47.6 Å². The number of anilines is 3. The molecular weight excluding hydrogens is 466 g/mol. The lowest BCUT2D eigenvalue weighted by Gasteiger charge is -2.33. The molecule has 3 amide bonds. The van der Waals surface area contributed by atoms with E-state index in [1.807, 2.05) is 24.3 Å². The van der Waals surface area contributed by atoms with Crippen molar-refractivity contribution in [3.63, 3.8) is 0 Å². The highest BCUT2D eigenvalue weighted by molar-refractivity contribution is 7.20. The molecule has 2 N–H and O–H groups in total. The Balaban J connectivity index is 1.41. The molecule has 0 radical (unpaired) electrons. The fourth-order valence-electron chi connectivity index (χ4n) is 4.00. The van der Waals surface area contributed by atoms with E-state index in [4.69, 9.17) is 0 Å². The number of aromatic nitrogens is 3. The number of rotatable bonds is 4. The lowest BCUT2D eigenvalue weighted by Crippen LogP contribution is -2.50. The summed E-state index contributed by atoms with van der Waals surface area (Å²) in [5.41, 5.74) is 2.68. The molecule has 1 saturated heterocycles. The van der Waals surface area contributed by atoms with Gasteiger partial charge in [0.2, 0.25) is 17.8 Å². The van der Waals surface area contributed by atoms with Crippen LogP contribution in [0.25, 0.3) is 21.1 Å². The second-order valence-corrected chi connectivity index (χ2v) is 9.28. The summed E-state index contributed by atoms with van der Waals surface area (Å²) in [5.74, 6) is 0.117. The zero-order valence-electron chi connectivity index (χ0n) is 19.2. The SMILES string of the molecule is CC(=O)Nc1cccc(Nc2ncc3ccc4sc(C(=O)N5CCN(C(C)=O)CC5)nc4c3n2)c1. The smallest absolute Gasteiger partial charge is 0.282 e. The maximum Gasteiger partial charge on any atom is 0.282 e. The third-order valence-corrected chi connectivity index (χ3v) is 6.75. The molecule has 11 heteroatoms. The summed E-state index contributed by atoms with van der Waals surface area (Å²) in [7, 11) is 0. The molecule has 0 unspecified atom stereocenters. The average molecular weight is 490 g/mol. The van der Waals surface area contributed by atoms with Gasteiger partial charge in [0.15, 0.2) is 5.01 Å². The topological polar surface area (TPSA) is 120 Å². The largest absolute Gasteiger partial charge is 0.339 e. The lowest BCUT2D eigenvalue weighted by atomic mass is 10.2. The highest BCUT2D eigenvalue weighted by Crippen LogP contribution is 2.30. The van der Waals surface area contributed by atoms with Gasteiger partial charge in [0.25, 0.3) is 5.91 Å². The van der Waals surface area contributed by atoms with Gasteiger partial charge in [-0.3, -0.25) is 14.4 Å². The van der Waals surface area contributed by atoms with Crippen molar-refractivity contribution in [1.82, 2.24) is 24.8 Å². The molecule has 5 rings (SSSR count). The average Bonchev–Trinajstić information content (AvgIpc) is 3.28. The van der Waals surface area contributed by atoms with Crippen LogP contribution in [0.1, 0.15) is 23.6 Å². The molecule has 1 fully saturated rings. The summed E-state index contributed by atoms with van der Waals surface area (Å²) in [6.45, 7) is 5.03. The number of nitrogens with one attached hydrogen (secondary N) is 2. The number of fused-ring (bicyclic) bond motifs is 3. The Hall–Kier alpha value is -4.12. The van der Waals surface area contributed by atoms with E-state index < -0.39 is 0 Å². The summed E-state index contributed by atoms with van der Waals surface area (Å²) in [6.07, 6.45) is 1.71. The number of nitrogens with zero attached hydrogens (tertiary/aromatic N) is 5. The van der Waals surface area contributed by atoms with Gasteiger partial charge < -0.3 is 20.4 Å². The Morgan fingerprint density at radius 2 is 1.66 bits per heavy atom. The van der Waals surface area contributed by atoms with Crippen LogP contribution in [0.2, 0.25) is 0 Å². The molecule has 0 bridgehead atoms. The molecule has 2 aromatic heterocycles. The van der Waals surface area contributed by atoms with Gasteiger partial charge in [0.1, 0.15) is 11.0 Å². The summed E-state index contributed by atoms with van der Waals surface area (Å²) in [6, 6.07) is 11.1. The first-order chi connectivity index (χ1) is 16.9. The van der Waals surface area contributed by atoms with Crippen LogP contribution in [0.5, 0.6) is 0 Å². The van der Waals surface area contributed by atoms with Crippen molar-refractivity contribution in [2.24, 2.45) is 0 Å². The minimum atomic E-state index is -0.152. The summed E-state index contributed by atoms with van der Waals surface area (Å²) in [5, 5.41) is 7.13. The molecule has 178 valence electrons. The minimum Gasteiger partial charge on any atom is -0.339 e. The van der Waals surface area contributed by atoms with E-state index >= 15 is 0 Å². The van der Waals surface area contributed by atoms with Crippen LogP contribution in [0, 0.1) is 0 Å². The second kappa shape index (κ2) is 9.26. The number of hydrogen-bond donors (Lipinski definition) is 2. The Morgan fingerprint density at radius 3 is 2.40 bits per heavy atom. The van der Waals surface area contributed by atoms with E-state index in [1.54, 1.807) is 35.1 Å². The Kier molecular flexibility index (Phi) is 6.00. The first-order valence-corrected chi connectivity index (χ1v) is 11.9. The maximum atomic E-state index is 13.1. The molecule has 4 aromatic rings. The van der Waals surface area contributed by atoms with Crippen LogP contribution < -0.4 is 10.6 Å². The highest BCUT2D eigenvalue weighted by Gasteiger charge is 2.26. The number of thiazole rings is 1. The Bertz CT molecular complexity index is 1460. The van der Waals surface area contributed by atoms with Crippen molar-refractivity contribution in [2.45, 2.75) is 13.8 Å². The number of carbonyl (C=O) groups excluding carboxylic acids is 3. The van der Waals surface area contributed by atoms with E-state index in [0.29, 0.717) is 53.9 Å². The molecule has 1 aliphatic heterocycles. The van der Waals surface area contributed by atoms with E-state index in [0.717, 1.165) is 15.8 Å². The molecule has 1 aliphatic rings. The lowest BCUT2D eigenvalue weighted by molar-refractivity contribution is -0.130. The zero-order valence-corrected chi connectivity index (χ0v) is 20.1. The first kappa shape index (κ1) is 22.7. The molecular formula is C24H23N7O3S. The monoisotopic (exact) mass is 489 g/mol. The Morgan fingerprint density at radius 1 is 0.914 bits per heavy atom. The van der Waals surface area contributed by atoms with Crippen molar-refractivity contribution < 1.29 is 14.4 Å². The van der Waals surface area contributed by atoms with E-state index in [9.17, 15) is 14.4 Å². The number of amides is 3. The molecule has 35 heavy (non-hydrogen) atoms. The third-order valence-electron chi connectivity index (χ3n) is 5.74. The standard InChI is InChI=1S/C24H23N7O3S/c1-14(32)26-17-4-3-5-18(12-17)27-24-25-13-16-6-7-19-21(20(16)29-24)28-22(35-19)23(34)31-10-8-30(9-11-31)15(2)33/h3-7,12-13H,8-11H2,1-2H3,(H,26,32)(H,25,27,29). The molecule has 3 heterocycles. The Labute approximate surface area is 205 Å². The van der Waals surface area contributed by atoms with E-state index in [1.165, 1.54) is 18.3 Å². The van der Waals surface area contributed by atoms with Gasteiger partial charge >= 0.3 is 0 Å². The zero-order chi connectivity index (χ0) is 24.5. The van der Waals surface area contributed by atoms with Crippen molar-refractivity contribution >= 4 is 67.5 Å². The second-order valence-electron chi connectivity index (χ2n) is 8.25.